The smallest absolute Gasteiger partial charge is 0.0290 e. The Balaban J connectivity index is 2.04. The van der Waals surface area contributed by atoms with Crippen molar-refractivity contribution in [1.29, 1.82) is 0 Å². The van der Waals surface area contributed by atoms with E-state index in [1.165, 1.54) is 51.5 Å². The third-order valence-corrected chi connectivity index (χ3v) is 3.93. The second-order valence-corrected chi connectivity index (χ2v) is 4.82. The van der Waals surface area contributed by atoms with Crippen LogP contribution in [0.2, 0.25) is 0 Å². The molecule has 0 aromatic rings. The molecule has 1 nitrogen and oxygen atoms in total. The number of rotatable bonds is 3. The lowest BCUT2D eigenvalue weighted by Crippen LogP contribution is -2.32. The predicted octanol–water partition coefficient (Wildman–Crippen LogP) is 3.71. The van der Waals surface area contributed by atoms with E-state index in [0.29, 0.717) is 0 Å². The number of hydrogen-bond acceptors (Lipinski definition) is 1. The molecule has 2 heterocycles. The average Bonchev–Trinajstić information content (AvgIpc) is 2.66. The first-order chi connectivity index (χ1) is 6.83. The fraction of sp³-hybridized carbons (Fsp3) is 0.846. The third kappa shape index (κ3) is 1.82. The summed E-state index contributed by atoms with van der Waals surface area (Å²) in [4.78, 5) is 2.68. The van der Waals surface area contributed by atoms with Crippen LogP contribution in [-0.4, -0.2) is 17.5 Å². The summed E-state index contributed by atoms with van der Waals surface area (Å²) >= 11 is 0. The zero-order valence-corrected chi connectivity index (χ0v) is 9.68. The van der Waals surface area contributed by atoms with Gasteiger partial charge >= 0.3 is 0 Å². The van der Waals surface area contributed by atoms with Crippen molar-refractivity contribution >= 4 is 0 Å². The quantitative estimate of drug-likeness (QED) is 0.660. The van der Waals surface area contributed by atoms with Gasteiger partial charge in [-0.15, -0.1) is 0 Å². The van der Waals surface area contributed by atoms with Gasteiger partial charge in [-0.3, -0.25) is 0 Å². The zero-order chi connectivity index (χ0) is 9.97. The molecule has 0 aliphatic carbocycles. The van der Waals surface area contributed by atoms with Gasteiger partial charge in [-0.25, -0.2) is 0 Å². The van der Waals surface area contributed by atoms with E-state index in [1.807, 2.05) is 0 Å². The number of fused-ring (bicyclic) bond motifs is 1. The van der Waals surface area contributed by atoms with Gasteiger partial charge in [0, 0.05) is 18.3 Å². The lowest BCUT2D eigenvalue weighted by atomic mass is 9.94. The van der Waals surface area contributed by atoms with Crippen LogP contribution in [0, 0.1) is 0 Å². The molecule has 1 heteroatoms. The van der Waals surface area contributed by atoms with Crippen LogP contribution in [0.25, 0.3) is 0 Å². The summed E-state index contributed by atoms with van der Waals surface area (Å²) in [5, 5.41) is 0. The minimum atomic E-state index is 0.903. The van der Waals surface area contributed by atoms with E-state index < -0.39 is 0 Å². The summed E-state index contributed by atoms with van der Waals surface area (Å²) in [5.41, 5.74) is 3.39. The molecule has 2 rings (SSSR count). The highest BCUT2D eigenvalue weighted by Gasteiger charge is 2.29. The fourth-order valence-electron chi connectivity index (χ4n) is 3.00. The minimum absolute atomic E-state index is 0.903. The van der Waals surface area contributed by atoms with E-state index in [0.717, 1.165) is 6.04 Å². The van der Waals surface area contributed by atoms with E-state index in [9.17, 15) is 0 Å². The molecule has 14 heavy (non-hydrogen) atoms. The number of allylic oxidation sites excluding steroid dienone is 2. The Hall–Kier alpha value is -0.460. The number of unbranched alkanes of at least 4 members (excludes halogenated alkanes) is 1. The van der Waals surface area contributed by atoms with Crippen molar-refractivity contribution in [2.45, 2.75) is 64.8 Å². The van der Waals surface area contributed by atoms with E-state index in [2.05, 4.69) is 18.7 Å². The Bertz CT molecular complexity index is 229. The first-order valence-electron chi connectivity index (χ1n) is 6.28. The first-order valence-corrected chi connectivity index (χ1v) is 6.28. The number of hydrogen-bond donors (Lipinski definition) is 0. The maximum atomic E-state index is 2.68. The molecule has 2 aliphatic heterocycles. The molecule has 1 atom stereocenters. The van der Waals surface area contributed by atoms with Crippen molar-refractivity contribution in [2.24, 2.45) is 0 Å². The maximum absolute atomic E-state index is 2.68. The topological polar surface area (TPSA) is 3.24 Å². The molecule has 1 unspecified atom stereocenters. The van der Waals surface area contributed by atoms with Gasteiger partial charge in [0.1, 0.15) is 0 Å². The van der Waals surface area contributed by atoms with Gasteiger partial charge in [0.25, 0.3) is 0 Å². The lowest BCUT2D eigenvalue weighted by molar-refractivity contribution is 0.279. The first kappa shape index (κ1) is 10.1. The molecule has 80 valence electrons. The Morgan fingerprint density at radius 3 is 3.00 bits per heavy atom. The fourth-order valence-corrected chi connectivity index (χ4v) is 3.00. The highest BCUT2D eigenvalue weighted by atomic mass is 15.2. The Morgan fingerprint density at radius 2 is 2.21 bits per heavy atom. The maximum Gasteiger partial charge on any atom is 0.0290 e. The van der Waals surface area contributed by atoms with Gasteiger partial charge in [0.2, 0.25) is 0 Å². The van der Waals surface area contributed by atoms with Crippen LogP contribution in [0.4, 0.5) is 0 Å². The van der Waals surface area contributed by atoms with Crippen LogP contribution in [-0.2, 0) is 0 Å². The molecule has 0 spiro atoms. The highest BCUT2D eigenvalue weighted by Crippen LogP contribution is 2.35. The van der Waals surface area contributed by atoms with Gasteiger partial charge in [0.15, 0.2) is 0 Å². The summed E-state index contributed by atoms with van der Waals surface area (Å²) < 4.78 is 0. The van der Waals surface area contributed by atoms with Crippen molar-refractivity contribution in [3.8, 4) is 0 Å². The molecule has 0 aromatic heterocycles. The van der Waals surface area contributed by atoms with Crippen molar-refractivity contribution in [1.82, 2.24) is 4.90 Å². The summed E-state index contributed by atoms with van der Waals surface area (Å²) in [6.45, 7) is 5.96. The van der Waals surface area contributed by atoms with Crippen LogP contribution in [0.1, 0.15) is 58.8 Å². The summed E-state index contributed by atoms with van der Waals surface area (Å²) in [5.74, 6) is 0. The summed E-state index contributed by atoms with van der Waals surface area (Å²) in [7, 11) is 0. The van der Waals surface area contributed by atoms with E-state index in [4.69, 9.17) is 0 Å². The zero-order valence-electron chi connectivity index (χ0n) is 9.68. The molecule has 0 saturated carbocycles. The van der Waals surface area contributed by atoms with Crippen LogP contribution >= 0.6 is 0 Å². The predicted molar refractivity (Wildman–Crippen MR) is 61.2 cm³/mol. The van der Waals surface area contributed by atoms with Crippen LogP contribution in [0.15, 0.2) is 11.3 Å². The van der Waals surface area contributed by atoms with E-state index in [-0.39, 0.29) is 0 Å². The molecule has 0 bridgehead atoms. The molecule has 0 radical (unpaired) electrons. The van der Waals surface area contributed by atoms with Crippen molar-refractivity contribution < 1.29 is 0 Å². The number of nitrogens with zero attached hydrogens (tertiary/aromatic N) is 1. The van der Waals surface area contributed by atoms with Crippen LogP contribution < -0.4 is 0 Å². The normalized spacial score (nSPS) is 27.0. The molecule has 0 N–H and O–H groups in total. The second kappa shape index (κ2) is 4.37. The van der Waals surface area contributed by atoms with Gasteiger partial charge in [-0.05, 0) is 45.4 Å². The molecule has 0 aromatic carbocycles. The SMILES string of the molecule is CCCCC1=C(C)N2CCCC2CC1. The van der Waals surface area contributed by atoms with E-state index >= 15 is 0 Å². The largest absolute Gasteiger partial charge is 0.372 e. The summed E-state index contributed by atoms with van der Waals surface area (Å²) in [6, 6.07) is 0.903. The Labute approximate surface area is 88.2 Å². The van der Waals surface area contributed by atoms with Gasteiger partial charge in [-0.2, -0.15) is 0 Å². The molecular weight excluding hydrogens is 170 g/mol. The van der Waals surface area contributed by atoms with Crippen molar-refractivity contribution in [2.75, 3.05) is 6.54 Å². The van der Waals surface area contributed by atoms with Crippen molar-refractivity contribution in [3.63, 3.8) is 0 Å². The lowest BCUT2D eigenvalue weighted by Gasteiger charge is -2.34. The third-order valence-electron chi connectivity index (χ3n) is 3.93. The minimum Gasteiger partial charge on any atom is -0.372 e. The van der Waals surface area contributed by atoms with E-state index in [1.54, 1.807) is 11.3 Å². The monoisotopic (exact) mass is 193 g/mol. The van der Waals surface area contributed by atoms with Crippen LogP contribution in [0.5, 0.6) is 0 Å². The average molecular weight is 193 g/mol. The molecule has 1 saturated heterocycles. The van der Waals surface area contributed by atoms with Crippen LogP contribution in [0.3, 0.4) is 0 Å². The Morgan fingerprint density at radius 1 is 1.36 bits per heavy atom. The summed E-state index contributed by atoms with van der Waals surface area (Å²) in [6.07, 6.45) is 9.74. The molecule has 0 amide bonds. The van der Waals surface area contributed by atoms with Crippen molar-refractivity contribution in [3.05, 3.63) is 11.3 Å². The standard InChI is InChI=1S/C13H23N/c1-3-4-6-12-8-9-13-7-5-10-14(13)11(12)2/h13H,3-10H2,1-2H3. The molecule has 1 fully saturated rings. The Kier molecular flexibility index (Phi) is 3.15. The van der Waals surface area contributed by atoms with Gasteiger partial charge in [-0.1, -0.05) is 18.9 Å². The highest BCUT2D eigenvalue weighted by molar-refractivity contribution is 5.17. The second-order valence-electron chi connectivity index (χ2n) is 4.82. The molecular formula is C13H23N. The molecule has 2 aliphatic rings. The van der Waals surface area contributed by atoms with Gasteiger partial charge < -0.3 is 4.90 Å². The van der Waals surface area contributed by atoms with Gasteiger partial charge in [0.05, 0.1) is 0 Å².